The van der Waals surface area contributed by atoms with Gasteiger partial charge in [-0.05, 0) is 55.3 Å². The number of ether oxygens (including phenoxy) is 1. The number of esters is 1. The molecule has 1 fully saturated rings. The summed E-state index contributed by atoms with van der Waals surface area (Å²) in [5.74, 6) is -2.23. The lowest BCUT2D eigenvalue weighted by Crippen LogP contribution is -2.38. The quantitative estimate of drug-likeness (QED) is 0.596. The summed E-state index contributed by atoms with van der Waals surface area (Å²) in [6, 6.07) is 8.99. The van der Waals surface area contributed by atoms with Crippen molar-refractivity contribution in [1.82, 2.24) is 4.31 Å². The monoisotopic (exact) mass is 482 g/mol. The van der Waals surface area contributed by atoms with Crippen LogP contribution >= 0.6 is 11.6 Å². The van der Waals surface area contributed by atoms with Crippen LogP contribution in [0.4, 0.5) is 10.1 Å². The van der Waals surface area contributed by atoms with Crippen molar-refractivity contribution in [2.24, 2.45) is 0 Å². The molecular weight excluding hydrogens is 459 g/mol. The van der Waals surface area contributed by atoms with E-state index in [0.29, 0.717) is 0 Å². The predicted octanol–water partition coefficient (Wildman–Crippen LogP) is 4.23. The third-order valence-electron chi connectivity index (χ3n) is 5.39. The summed E-state index contributed by atoms with van der Waals surface area (Å²) in [5, 5.41) is 2.51. The molecule has 0 saturated heterocycles. The molecule has 2 aromatic carbocycles. The van der Waals surface area contributed by atoms with E-state index < -0.39 is 34.3 Å². The van der Waals surface area contributed by atoms with E-state index in [1.54, 1.807) is 7.05 Å². The molecule has 0 aromatic heterocycles. The summed E-state index contributed by atoms with van der Waals surface area (Å²) in [4.78, 5) is 24.2. The zero-order chi connectivity index (χ0) is 23.3. The minimum Gasteiger partial charge on any atom is -0.452 e. The topological polar surface area (TPSA) is 92.8 Å². The van der Waals surface area contributed by atoms with E-state index in [4.69, 9.17) is 16.3 Å². The molecule has 0 spiro atoms. The maximum absolute atomic E-state index is 13.7. The van der Waals surface area contributed by atoms with E-state index in [-0.39, 0.29) is 27.2 Å². The smallest absolute Gasteiger partial charge is 0.338 e. The van der Waals surface area contributed by atoms with Gasteiger partial charge in [0.05, 0.1) is 16.1 Å². The van der Waals surface area contributed by atoms with Crippen LogP contribution in [-0.2, 0) is 19.6 Å². The summed E-state index contributed by atoms with van der Waals surface area (Å²) < 4.78 is 45.7. The normalized spacial score (nSPS) is 14.9. The number of anilines is 1. The molecule has 2 aromatic rings. The molecule has 0 bridgehead atoms. The largest absolute Gasteiger partial charge is 0.452 e. The number of halogens is 2. The number of benzene rings is 2. The fraction of sp³-hybridized carbons (Fsp3) is 0.364. The molecule has 10 heteroatoms. The van der Waals surface area contributed by atoms with Gasteiger partial charge in [0, 0.05) is 18.1 Å². The van der Waals surface area contributed by atoms with Crippen molar-refractivity contribution in [3.63, 3.8) is 0 Å². The molecule has 1 aliphatic rings. The zero-order valence-electron chi connectivity index (χ0n) is 17.5. The average molecular weight is 483 g/mol. The average Bonchev–Trinajstić information content (AvgIpc) is 2.80. The Morgan fingerprint density at radius 3 is 2.44 bits per heavy atom. The van der Waals surface area contributed by atoms with Crippen LogP contribution in [0.25, 0.3) is 0 Å². The number of nitrogens with zero attached hydrogens (tertiary/aromatic N) is 1. The number of hydrogen-bond acceptors (Lipinski definition) is 5. The standard InChI is InChI=1S/C22H24ClFN2O5S/c1-26(17-5-3-2-4-6-17)32(29,30)18-10-7-15(8-11-18)22(28)31-14-21(27)25-20-13-16(23)9-12-19(20)24/h7-13,17H,2-6,14H2,1H3,(H,25,27). The summed E-state index contributed by atoms with van der Waals surface area (Å²) >= 11 is 5.77. The number of hydrogen-bond donors (Lipinski definition) is 1. The van der Waals surface area contributed by atoms with Crippen molar-refractivity contribution in [2.75, 3.05) is 19.0 Å². The van der Waals surface area contributed by atoms with Gasteiger partial charge in [0.2, 0.25) is 10.0 Å². The highest BCUT2D eigenvalue weighted by molar-refractivity contribution is 7.89. The molecule has 0 radical (unpaired) electrons. The highest BCUT2D eigenvalue weighted by Gasteiger charge is 2.29. The Bertz CT molecular complexity index is 1090. The van der Waals surface area contributed by atoms with Gasteiger partial charge in [-0.25, -0.2) is 17.6 Å². The van der Waals surface area contributed by atoms with Gasteiger partial charge in [0.1, 0.15) is 5.82 Å². The number of amides is 1. The minimum atomic E-state index is -3.68. The molecule has 0 aliphatic heterocycles. The van der Waals surface area contributed by atoms with Gasteiger partial charge in [-0.1, -0.05) is 30.9 Å². The van der Waals surface area contributed by atoms with Crippen LogP contribution in [0.2, 0.25) is 5.02 Å². The van der Waals surface area contributed by atoms with Crippen LogP contribution in [0.1, 0.15) is 42.5 Å². The Balaban J connectivity index is 1.58. The maximum Gasteiger partial charge on any atom is 0.338 e. The summed E-state index contributed by atoms with van der Waals surface area (Å²) in [5.41, 5.74) is -0.0406. The molecule has 0 heterocycles. The molecule has 1 aliphatic carbocycles. The number of carbonyl (C=O) groups excluding carboxylic acids is 2. The minimum absolute atomic E-state index is 0.0266. The molecule has 1 N–H and O–H groups in total. The molecule has 7 nitrogen and oxygen atoms in total. The Morgan fingerprint density at radius 2 is 1.78 bits per heavy atom. The lowest BCUT2D eigenvalue weighted by molar-refractivity contribution is -0.119. The number of rotatable bonds is 7. The van der Waals surface area contributed by atoms with Crippen molar-refractivity contribution >= 4 is 39.2 Å². The van der Waals surface area contributed by atoms with Crippen LogP contribution in [0.15, 0.2) is 47.4 Å². The first-order valence-electron chi connectivity index (χ1n) is 10.2. The second kappa shape index (κ2) is 10.4. The van der Waals surface area contributed by atoms with Crippen molar-refractivity contribution in [2.45, 2.75) is 43.0 Å². The van der Waals surface area contributed by atoms with E-state index in [1.165, 1.54) is 40.7 Å². The second-order valence-electron chi connectivity index (χ2n) is 7.59. The highest BCUT2D eigenvalue weighted by atomic mass is 35.5. The first-order valence-corrected chi connectivity index (χ1v) is 12.0. The SMILES string of the molecule is CN(C1CCCCC1)S(=O)(=O)c1ccc(C(=O)OCC(=O)Nc2cc(Cl)ccc2F)cc1. The zero-order valence-corrected chi connectivity index (χ0v) is 19.1. The number of nitrogens with one attached hydrogen (secondary N) is 1. The van der Waals surface area contributed by atoms with Gasteiger partial charge in [-0.2, -0.15) is 4.31 Å². The van der Waals surface area contributed by atoms with Crippen LogP contribution in [0, 0.1) is 5.82 Å². The van der Waals surface area contributed by atoms with E-state index in [2.05, 4.69) is 5.32 Å². The van der Waals surface area contributed by atoms with Gasteiger partial charge in [0.15, 0.2) is 6.61 Å². The van der Waals surface area contributed by atoms with Crippen LogP contribution < -0.4 is 5.32 Å². The van der Waals surface area contributed by atoms with Crippen LogP contribution in [0.3, 0.4) is 0 Å². The van der Waals surface area contributed by atoms with Crippen molar-refractivity contribution in [1.29, 1.82) is 0 Å². The number of carbonyl (C=O) groups is 2. The molecule has 0 unspecified atom stereocenters. The fourth-order valence-electron chi connectivity index (χ4n) is 3.56. The Kier molecular flexibility index (Phi) is 7.86. The van der Waals surface area contributed by atoms with Crippen molar-refractivity contribution in [3.8, 4) is 0 Å². The lowest BCUT2D eigenvalue weighted by atomic mass is 9.96. The molecule has 0 atom stereocenters. The summed E-state index contributed by atoms with van der Waals surface area (Å²) in [7, 11) is -2.10. The molecule has 1 saturated carbocycles. The van der Waals surface area contributed by atoms with Gasteiger partial charge in [-0.15, -0.1) is 0 Å². The molecule has 1 amide bonds. The van der Waals surface area contributed by atoms with E-state index in [1.807, 2.05) is 0 Å². The number of sulfonamides is 1. The third kappa shape index (κ3) is 5.85. The Hall–Kier alpha value is -2.49. The van der Waals surface area contributed by atoms with Crippen molar-refractivity contribution in [3.05, 3.63) is 58.9 Å². The van der Waals surface area contributed by atoms with Crippen LogP contribution in [-0.4, -0.2) is 44.3 Å². The molecular formula is C22H24ClFN2O5S. The van der Waals surface area contributed by atoms with Crippen LogP contribution in [0.5, 0.6) is 0 Å². The fourth-order valence-corrected chi connectivity index (χ4v) is 5.15. The summed E-state index contributed by atoms with van der Waals surface area (Å²) in [6.45, 7) is -0.644. The van der Waals surface area contributed by atoms with E-state index in [9.17, 15) is 22.4 Å². The maximum atomic E-state index is 13.7. The van der Waals surface area contributed by atoms with Crippen molar-refractivity contribution < 1.29 is 27.1 Å². The van der Waals surface area contributed by atoms with Gasteiger partial charge in [-0.3, -0.25) is 4.79 Å². The second-order valence-corrected chi connectivity index (χ2v) is 10.0. The van der Waals surface area contributed by atoms with Gasteiger partial charge >= 0.3 is 5.97 Å². The Morgan fingerprint density at radius 1 is 1.12 bits per heavy atom. The molecule has 3 rings (SSSR count). The van der Waals surface area contributed by atoms with E-state index >= 15 is 0 Å². The Labute approximate surface area is 191 Å². The summed E-state index contributed by atoms with van der Waals surface area (Å²) in [6.07, 6.45) is 4.80. The predicted molar refractivity (Wildman–Crippen MR) is 119 cm³/mol. The third-order valence-corrected chi connectivity index (χ3v) is 7.55. The highest BCUT2D eigenvalue weighted by Crippen LogP contribution is 2.26. The van der Waals surface area contributed by atoms with E-state index in [0.717, 1.165) is 38.2 Å². The lowest BCUT2D eigenvalue weighted by Gasteiger charge is -2.30. The first kappa shape index (κ1) is 24.2. The molecule has 172 valence electrons. The van der Waals surface area contributed by atoms with Gasteiger partial charge in [0.25, 0.3) is 5.91 Å². The van der Waals surface area contributed by atoms with Gasteiger partial charge < -0.3 is 10.1 Å². The molecule has 32 heavy (non-hydrogen) atoms. The first-order chi connectivity index (χ1) is 15.2.